The van der Waals surface area contributed by atoms with Crippen LogP contribution in [0.15, 0.2) is 58.7 Å². The SMILES string of the molecule is CC.CCCCCC1=C(C)CC(Cc2ccc3c(c2)C=CC3)=CC=C1C1CC1.[HH].[HH]. The first-order valence-electron chi connectivity index (χ1n) is 11.6. The number of benzene rings is 1. The van der Waals surface area contributed by atoms with Crippen LogP contribution in [-0.4, -0.2) is 0 Å². The van der Waals surface area contributed by atoms with E-state index in [0.717, 1.165) is 25.2 Å². The first kappa shape index (κ1) is 20.9. The predicted molar refractivity (Wildman–Crippen MR) is 129 cm³/mol. The van der Waals surface area contributed by atoms with Crippen LogP contribution in [0.1, 0.15) is 92.2 Å². The van der Waals surface area contributed by atoms with E-state index in [1.165, 1.54) is 55.2 Å². The number of hydrogen-bond acceptors (Lipinski definition) is 0. The van der Waals surface area contributed by atoms with Crippen molar-refractivity contribution in [2.24, 2.45) is 5.92 Å². The molecule has 0 unspecified atom stereocenters. The molecule has 0 nitrogen and oxygen atoms in total. The highest BCUT2D eigenvalue weighted by Crippen LogP contribution is 2.44. The second-order valence-electron chi connectivity index (χ2n) is 8.43. The smallest absolute Gasteiger partial charge is 0 e. The third-order valence-corrected chi connectivity index (χ3v) is 6.18. The Morgan fingerprint density at radius 1 is 1.07 bits per heavy atom. The lowest BCUT2D eigenvalue weighted by Gasteiger charge is -2.15. The van der Waals surface area contributed by atoms with Crippen molar-refractivity contribution in [1.82, 2.24) is 0 Å². The summed E-state index contributed by atoms with van der Waals surface area (Å²) in [5.74, 6) is 0.849. The highest BCUT2D eigenvalue weighted by molar-refractivity contribution is 5.61. The molecule has 0 N–H and O–H groups in total. The Bertz CT molecular complexity index is 804. The lowest BCUT2D eigenvalue weighted by atomic mass is 9.90. The molecule has 1 aromatic carbocycles. The normalized spacial score (nSPS) is 18.1. The molecule has 0 amide bonds. The highest BCUT2D eigenvalue weighted by Gasteiger charge is 2.29. The molecule has 1 aromatic rings. The van der Waals surface area contributed by atoms with Crippen LogP contribution in [0, 0.1) is 5.92 Å². The van der Waals surface area contributed by atoms with Crippen molar-refractivity contribution in [3.05, 3.63) is 75.4 Å². The van der Waals surface area contributed by atoms with Crippen molar-refractivity contribution in [3.8, 4) is 0 Å². The van der Waals surface area contributed by atoms with Gasteiger partial charge in [-0.05, 0) is 85.6 Å². The van der Waals surface area contributed by atoms with Gasteiger partial charge in [0.15, 0.2) is 0 Å². The van der Waals surface area contributed by atoms with E-state index in [-0.39, 0.29) is 2.85 Å². The van der Waals surface area contributed by atoms with Gasteiger partial charge in [0.05, 0.1) is 0 Å². The second kappa shape index (κ2) is 10.1. The molecule has 0 saturated heterocycles. The molecule has 0 atom stereocenters. The van der Waals surface area contributed by atoms with Crippen LogP contribution in [-0.2, 0) is 12.8 Å². The molecule has 1 saturated carbocycles. The van der Waals surface area contributed by atoms with Gasteiger partial charge < -0.3 is 0 Å². The van der Waals surface area contributed by atoms with Crippen molar-refractivity contribution in [2.45, 2.75) is 85.5 Å². The molecule has 0 aromatic heterocycles. The molecule has 154 valence electrons. The Hall–Kier alpha value is -1.82. The molecule has 3 aliphatic carbocycles. The number of unbranched alkanes of at least 4 members (excludes halogenated alkanes) is 2. The molecule has 0 spiro atoms. The van der Waals surface area contributed by atoms with Gasteiger partial charge in [-0.2, -0.15) is 0 Å². The third-order valence-electron chi connectivity index (χ3n) is 6.18. The molecule has 0 heteroatoms. The maximum absolute atomic E-state index is 2.48. The molecule has 4 rings (SSSR count). The van der Waals surface area contributed by atoms with E-state index >= 15 is 0 Å². The summed E-state index contributed by atoms with van der Waals surface area (Å²) >= 11 is 0. The zero-order valence-corrected chi connectivity index (χ0v) is 18.5. The molecule has 3 aliphatic rings. The van der Waals surface area contributed by atoms with Gasteiger partial charge >= 0.3 is 0 Å². The molecule has 0 radical (unpaired) electrons. The van der Waals surface area contributed by atoms with Gasteiger partial charge in [0, 0.05) is 2.85 Å². The van der Waals surface area contributed by atoms with E-state index in [1.807, 2.05) is 13.8 Å². The molecule has 0 bridgehead atoms. The van der Waals surface area contributed by atoms with E-state index < -0.39 is 0 Å². The van der Waals surface area contributed by atoms with E-state index in [4.69, 9.17) is 0 Å². The fraction of sp³-hybridized carbons (Fsp3) is 0.500. The third kappa shape index (κ3) is 5.16. The molecule has 1 fully saturated rings. The van der Waals surface area contributed by atoms with Crippen molar-refractivity contribution in [1.29, 1.82) is 0 Å². The van der Waals surface area contributed by atoms with Crippen LogP contribution >= 0.6 is 0 Å². The first-order chi connectivity index (χ1) is 13.7. The minimum Gasteiger partial charge on any atom is -0.0795 e. The Morgan fingerprint density at radius 2 is 1.89 bits per heavy atom. The first-order valence-corrected chi connectivity index (χ1v) is 11.6. The van der Waals surface area contributed by atoms with Crippen LogP contribution in [0.4, 0.5) is 0 Å². The molecule has 0 heterocycles. The summed E-state index contributed by atoms with van der Waals surface area (Å²) in [5.41, 5.74) is 10.9. The number of hydrogen-bond donors (Lipinski definition) is 0. The maximum Gasteiger partial charge on any atom is 0 e. The summed E-state index contributed by atoms with van der Waals surface area (Å²) in [7, 11) is 0. The quantitative estimate of drug-likeness (QED) is 0.415. The van der Waals surface area contributed by atoms with Gasteiger partial charge in [0.2, 0.25) is 0 Å². The summed E-state index contributed by atoms with van der Waals surface area (Å²) in [5, 5.41) is 0. The Labute approximate surface area is 176 Å². The summed E-state index contributed by atoms with van der Waals surface area (Å²) < 4.78 is 0. The van der Waals surface area contributed by atoms with Crippen molar-refractivity contribution < 1.29 is 2.85 Å². The van der Waals surface area contributed by atoms with E-state index in [2.05, 4.69) is 56.4 Å². The van der Waals surface area contributed by atoms with Gasteiger partial charge in [-0.3, -0.25) is 0 Å². The predicted octanol–water partition coefficient (Wildman–Crippen LogP) is 8.88. The largest absolute Gasteiger partial charge is 0.0795 e. The Balaban J connectivity index is 0.00000109. The zero-order valence-electron chi connectivity index (χ0n) is 18.5. The molecular formula is C28H42. The van der Waals surface area contributed by atoms with Gasteiger partial charge in [0.1, 0.15) is 0 Å². The number of rotatable bonds is 7. The minimum atomic E-state index is 0. The fourth-order valence-corrected chi connectivity index (χ4v) is 4.54. The molecule has 0 aliphatic heterocycles. The Kier molecular flexibility index (Phi) is 7.54. The van der Waals surface area contributed by atoms with Crippen molar-refractivity contribution in [3.63, 3.8) is 0 Å². The van der Waals surface area contributed by atoms with Gasteiger partial charge in [-0.15, -0.1) is 0 Å². The van der Waals surface area contributed by atoms with Crippen molar-refractivity contribution in [2.75, 3.05) is 0 Å². The summed E-state index contributed by atoms with van der Waals surface area (Å²) in [6.45, 7) is 8.69. The lowest BCUT2D eigenvalue weighted by Crippen LogP contribution is -1.98. The summed E-state index contributed by atoms with van der Waals surface area (Å²) in [6, 6.07) is 7.06. The zero-order chi connectivity index (χ0) is 19.9. The lowest BCUT2D eigenvalue weighted by molar-refractivity contribution is 0.705. The molecular weight excluding hydrogens is 336 g/mol. The van der Waals surface area contributed by atoms with E-state index in [1.54, 1.807) is 22.3 Å². The fourth-order valence-electron chi connectivity index (χ4n) is 4.54. The van der Waals surface area contributed by atoms with Crippen LogP contribution in [0.3, 0.4) is 0 Å². The van der Waals surface area contributed by atoms with Crippen LogP contribution in [0.25, 0.3) is 6.08 Å². The highest BCUT2D eigenvalue weighted by atomic mass is 14.3. The van der Waals surface area contributed by atoms with Crippen LogP contribution < -0.4 is 0 Å². The number of fused-ring (bicyclic) bond motifs is 1. The maximum atomic E-state index is 2.48. The van der Waals surface area contributed by atoms with E-state index in [9.17, 15) is 0 Å². The van der Waals surface area contributed by atoms with E-state index in [0.29, 0.717) is 0 Å². The minimum absolute atomic E-state index is 0. The Morgan fingerprint density at radius 3 is 2.64 bits per heavy atom. The average molecular weight is 379 g/mol. The van der Waals surface area contributed by atoms with Crippen molar-refractivity contribution >= 4 is 6.08 Å². The summed E-state index contributed by atoms with van der Waals surface area (Å²) in [4.78, 5) is 0. The van der Waals surface area contributed by atoms with Gasteiger partial charge in [-0.1, -0.05) is 87.3 Å². The van der Waals surface area contributed by atoms with Gasteiger partial charge in [0.25, 0.3) is 0 Å². The van der Waals surface area contributed by atoms with Crippen LogP contribution in [0.5, 0.6) is 0 Å². The monoisotopic (exact) mass is 378 g/mol. The second-order valence-corrected chi connectivity index (χ2v) is 8.43. The van der Waals surface area contributed by atoms with Crippen LogP contribution in [0.2, 0.25) is 0 Å². The number of allylic oxidation sites excluding steroid dienone is 7. The standard InChI is InChI=1S/C26H32.C2H6.2H2/c1-3-4-5-9-25-19(2)16-20(11-15-26(25)23-13-14-23)17-21-10-12-22-7-6-8-24(22)18-21;1-2;;/h6,8,10-12,15,18,23H,3-5,7,9,13-14,16-17H2,1-2H3;1-2H3;2*1H. The van der Waals surface area contributed by atoms with Gasteiger partial charge in [-0.25, -0.2) is 0 Å². The topological polar surface area (TPSA) is 0 Å². The average Bonchev–Trinajstić information content (AvgIpc) is 3.46. The summed E-state index contributed by atoms with van der Waals surface area (Å²) in [6.07, 6.45) is 20.9. The molecule has 28 heavy (non-hydrogen) atoms.